The number of hydrogen-bond donors (Lipinski definition) is 5. The van der Waals surface area contributed by atoms with Crippen molar-refractivity contribution >= 4 is 24.6 Å². The maximum Gasteiger partial charge on any atom is 0.475 e. The Balaban J connectivity index is 1.95. The van der Waals surface area contributed by atoms with Gasteiger partial charge in [-0.1, -0.05) is 70.2 Å². The van der Waals surface area contributed by atoms with E-state index in [0.717, 1.165) is 22.4 Å². The minimum Gasteiger partial charge on any atom is -0.493 e. The fourth-order valence-corrected chi connectivity index (χ4v) is 5.14. The summed E-state index contributed by atoms with van der Waals surface area (Å²) in [6, 6.07) is 19.5. The lowest BCUT2D eigenvalue weighted by atomic mass is 9.75. The van der Waals surface area contributed by atoms with Crippen LogP contribution in [0, 0.1) is 11.8 Å². The Bertz CT molecular complexity index is 1380. The molecule has 0 aliphatic heterocycles. The van der Waals surface area contributed by atoms with E-state index in [0.29, 0.717) is 23.7 Å². The third-order valence-corrected chi connectivity index (χ3v) is 7.45. The van der Waals surface area contributed by atoms with Crippen LogP contribution in [0.15, 0.2) is 66.7 Å². The van der Waals surface area contributed by atoms with Gasteiger partial charge in [0.15, 0.2) is 11.5 Å². The Kier molecular flexibility index (Phi) is 13.1. The van der Waals surface area contributed by atoms with Gasteiger partial charge in [0.25, 0.3) is 0 Å². The van der Waals surface area contributed by atoms with E-state index in [1.54, 1.807) is 12.1 Å². The number of amides is 2. The number of benzene rings is 3. The third kappa shape index (κ3) is 9.89. The van der Waals surface area contributed by atoms with Crippen molar-refractivity contribution in [2.45, 2.75) is 58.6 Å². The van der Waals surface area contributed by atoms with E-state index in [1.807, 2.05) is 82.3 Å². The normalized spacial score (nSPS) is 13.0. The molecule has 3 aromatic rings. The van der Waals surface area contributed by atoms with Crippen LogP contribution in [0.4, 0.5) is 5.69 Å². The molecule has 0 aliphatic rings. The second kappa shape index (κ2) is 16.7. The lowest BCUT2D eigenvalue weighted by Gasteiger charge is -2.28. The molecule has 10 nitrogen and oxygen atoms in total. The average Bonchev–Trinajstić information content (AvgIpc) is 3.02. The molecule has 5 N–H and O–H groups in total. The van der Waals surface area contributed by atoms with E-state index in [1.165, 1.54) is 21.3 Å². The van der Waals surface area contributed by atoms with Crippen molar-refractivity contribution < 1.29 is 33.8 Å². The van der Waals surface area contributed by atoms with Gasteiger partial charge in [0.1, 0.15) is 12.1 Å². The molecule has 3 atom stereocenters. The summed E-state index contributed by atoms with van der Waals surface area (Å²) in [6.07, 6.45) is 0.584. The minimum absolute atomic E-state index is 0.114. The zero-order valence-corrected chi connectivity index (χ0v) is 27.2. The highest BCUT2D eigenvalue weighted by Crippen LogP contribution is 2.38. The van der Waals surface area contributed by atoms with Gasteiger partial charge in [-0.25, -0.2) is 0 Å². The van der Waals surface area contributed by atoms with Gasteiger partial charge in [-0.3, -0.25) is 9.59 Å². The molecule has 11 heteroatoms. The number of anilines is 1. The number of hydrogen-bond acceptors (Lipinski definition) is 8. The molecule has 0 saturated heterocycles. The number of rotatable bonds is 16. The number of methoxy groups -OCH3 is 3. The van der Waals surface area contributed by atoms with Crippen molar-refractivity contribution in [3.05, 3.63) is 72.3 Å². The standard InChI is InChI=1S/C34H46BN3O7/c1-21(2)16-30(35(41)42)37-34(40)31(22(3)4)38-33(39)27(17-23-18-28(43-5)32(45-7)29(19-23)44-6)36-26-15-11-14-25(20-26)24-12-9-8-10-13-24/h8-15,18-22,27,30-31,36,41-42H,16-17H2,1-7H3,(H,37,40)(H,38,39)/t27-,30+,31-/m0/s1. The van der Waals surface area contributed by atoms with Crippen molar-refractivity contribution in [1.29, 1.82) is 0 Å². The second-order valence-corrected chi connectivity index (χ2v) is 11.8. The average molecular weight is 620 g/mol. The molecular weight excluding hydrogens is 573 g/mol. The molecule has 0 bridgehead atoms. The summed E-state index contributed by atoms with van der Waals surface area (Å²) in [6.45, 7) is 7.50. The largest absolute Gasteiger partial charge is 0.493 e. The van der Waals surface area contributed by atoms with Gasteiger partial charge in [-0.2, -0.15) is 0 Å². The van der Waals surface area contributed by atoms with Crippen LogP contribution in [-0.4, -0.2) is 68.3 Å². The molecule has 0 spiro atoms. The zero-order chi connectivity index (χ0) is 33.1. The number of carbonyl (C=O) groups is 2. The lowest BCUT2D eigenvalue weighted by molar-refractivity contribution is -0.130. The summed E-state index contributed by atoms with van der Waals surface area (Å²) < 4.78 is 16.5. The Labute approximate surface area is 266 Å². The maximum atomic E-state index is 14.0. The number of ether oxygens (including phenoxy) is 3. The van der Waals surface area contributed by atoms with E-state index < -0.39 is 37.0 Å². The molecule has 45 heavy (non-hydrogen) atoms. The van der Waals surface area contributed by atoms with Crippen molar-refractivity contribution in [3.8, 4) is 28.4 Å². The van der Waals surface area contributed by atoms with Crippen LogP contribution in [0.25, 0.3) is 11.1 Å². The van der Waals surface area contributed by atoms with Crippen molar-refractivity contribution in [2.75, 3.05) is 26.6 Å². The van der Waals surface area contributed by atoms with Gasteiger partial charge in [-0.15, -0.1) is 0 Å². The summed E-state index contributed by atoms with van der Waals surface area (Å²) in [5, 5.41) is 28.8. The highest BCUT2D eigenvalue weighted by Gasteiger charge is 2.33. The van der Waals surface area contributed by atoms with E-state index in [2.05, 4.69) is 16.0 Å². The van der Waals surface area contributed by atoms with Gasteiger partial charge >= 0.3 is 7.12 Å². The van der Waals surface area contributed by atoms with Crippen LogP contribution in [-0.2, 0) is 16.0 Å². The summed E-state index contributed by atoms with van der Waals surface area (Å²) in [7, 11) is 2.85. The molecule has 0 aliphatic carbocycles. The van der Waals surface area contributed by atoms with Crippen LogP contribution < -0.4 is 30.2 Å². The Hall–Kier alpha value is -4.22. The molecule has 0 heterocycles. The van der Waals surface area contributed by atoms with Gasteiger partial charge in [0, 0.05) is 12.1 Å². The summed E-state index contributed by atoms with van der Waals surface area (Å²) in [4.78, 5) is 27.4. The van der Waals surface area contributed by atoms with Gasteiger partial charge in [0.2, 0.25) is 17.6 Å². The summed E-state index contributed by atoms with van der Waals surface area (Å²) in [5.74, 6) is -0.597. The highest BCUT2D eigenvalue weighted by molar-refractivity contribution is 6.43. The first kappa shape index (κ1) is 35.3. The van der Waals surface area contributed by atoms with E-state index in [9.17, 15) is 19.6 Å². The molecule has 0 unspecified atom stereocenters. The molecule has 2 amide bonds. The van der Waals surface area contributed by atoms with Crippen molar-refractivity contribution in [3.63, 3.8) is 0 Å². The Morgan fingerprint density at radius 2 is 1.40 bits per heavy atom. The highest BCUT2D eigenvalue weighted by atomic mass is 16.5. The van der Waals surface area contributed by atoms with Gasteiger partial charge < -0.3 is 40.2 Å². The molecule has 3 rings (SSSR count). The Morgan fingerprint density at radius 1 is 0.778 bits per heavy atom. The molecule has 242 valence electrons. The molecule has 0 radical (unpaired) electrons. The topological polar surface area (TPSA) is 138 Å². The smallest absolute Gasteiger partial charge is 0.475 e. The molecular formula is C34H46BN3O7. The second-order valence-electron chi connectivity index (χ2n) is 11.8. The van der Waals surface area contributed by atoms with Gasteiger partial charge in [0.05, 0.1) is 27.3 Å². The first-order valence-electron chi connectivity index (χ1n) is 15.1. The van der Waals surface area contributed by atoms with E-state index >= 15 is 0 Å². The van der Waals surface area contributed by atoms with E-state index in [4.69, 9.17) is 14.2 Å². The predicted octanol–water partition coefficient (Wildman–Crippen LogP) is 4.09. The fraction of sp³-hybridized carbons (Fsp3) is 0.412. The Morgan fingerprint density at radius 3 is 1.93 bits per heavy atom. The first-order chi connectivity index (χ1) is 21.5. The van der Waals surface area contributed by atoms with Crippen molar-refractivity contribution in [2.24, 2.45) is 11.8 Å². The maximum absolute atomic E-state index is 14.0. The van der Waals surface area contributed by atoms with Crippen LogP contribution in [0.3, 0.4) is 0 Å². The summed E-state index contributed by atoms with van der Waals surface area (Å²) in [5.41, 5.74) is 3.47. The SMILES string of the molecule is COc1cc(C[C@H](Nc2cccc(-c3ccccc3)c2)C(=O)N[C@H](C(=O)N[C@H](CC(C)C)B(O)O)C(C)C)cc(OC)c1OC. The van der Waals surface area contributed by atoms with Crippen LogP contribution >= 0.6 is 0 Å². The number of nitrogens with one attached hydrogen (secondary N) is 3. The van der Waals surface area contributed by atoms with E-state index in [-0.39, 0.29) is 18.3 Å². The van der Waals surface area contributed by atoms with Gasteiger partial charge in [-0.05, 0) is 59.2 Å². The molecule has 0 saturated carbocycles. The number of carbonyl (C=O) groups excluding carboxylic acids is 2. The molecule has 0 fully saturated rings. The zero-order valence-electron chi connectivity index (χ0n) is 27.2. The summed E-state index contributed by atoms with van der Waals surface area (Å²) >= 11 is 0. The fourth-order valence-electron chi connectivity index (χ4n) is 5.14. The van der Waals surface area contributed by atoms with Crippen LogP contribution in [0.1, 0.15) is 39.7 Å². The van der Waals surface area contributed by atoms with Crippen LogP contribution in [0.5, 0.6) is 17.2 Å². The quantitative estimate of drug-likeness (QED) is 0.151. The predicted molar refractivity (Wildman–Crippen MR) is 177 cm³/mol. The monoisotopic (exact) mass is 619 g/mol. The van der Waals surface area contributed by atoms with Crippen molar-refractivity contribution in [1.82, 2.24) is 10.6 Å². The minimum atomic E-state index is -1.73. The third-order valence-electron chi connectivity index (χ3n) is 7.45. The molecule has 3 aromatic carbocycles. The molecule has 0 aromatic heterocycles. The van der Waals surface area contributed by atoms with Crippen LogP contribution in [0.2, 0.25) is 0 Å². The first-order valence-corrected chi connectivity index (χ1v) is 15.1. The lowest BCUT2D eigenvalue weighted by Crippen LogP contribution is -2.57.